The molecule has 1 aliphatic heterocycles. The van der Waals surface area contributed by atoms with Crippen LogP contribution < -0.4 is 5.32 Å². The third-order valence-electron chi connectivity index (χ3n) is 2.88. The molecule has 5 nitrogen and oxygen atoms in total. The Hall–Kier alpha value is -0.750. The molecule has 16 heavy (non-hydrogen) atoms. The first kappa shape index (κ1) is 11.7. The van der Waals surface area contributed by atoms with Crippen LogP contribution in [0.4, 0.5) is 0 Å². The molecule has 1 N–H and O–H groups in total. The van der Waals surface area contributed by atoms with Crippen molar-refractivity contribution in [1.29, 1.82) is 0 Å². The van der Waals surface area contributed by atoms with Gasteiger partial charge in [-0.05, 0) is 12.8 Å². The molecule has 1 saturated heterocycles. The average Bonchev–Trinajstić information content (AvgIpc) is 2.96. The Morgan fingerprint density at radius 2 is 2.12 bits per heavy atom. The van der Waals surface area contributed by atoms with Crippen LogP contribution in [-0.4, -0.2) is 51.6 Å². The second-order valence-corrected chi connectivity index (χ2v) is 5.88. The van der Waals surface area contributed by atoms with E-state index in [1.54, 1.807) is 6.26 Å². The molecule has 90 valence electrons. The van der Waals surface area contributed by atoms with Crippen molar-refractivity contribution in [2.45, 2.75) is 31.3 Å². The Balaban J connectivity index is 1.85. The normalized spacial score (nSPS) is 27.6. The maximum atomic E-state index is 11.8. The van der Waals surface area contributed by atoms with Crippen LogP contribution in [0.2, 0.25) is 0 Å². The van der Waals surface area contributed by atoms with E-state index in [1.807, 2.05) is 0 Å². The summed E-state index contributed by atoms with van der Waals surface area (Å²) in [6, 6.07) is -0.233. The van der Waals surface area contributed by atoms with E-state index in [9.17, 15) is 13.8 Å². The molecule has 0 aromatic heterocycles. The summed E-state index contributed by atoms with van der Waals surface area (Å²) in [5, 5.41) is 3.00. The van der Waals surface area contributed by atoms with Gasteiger partial charge in [0.2, 0.25) is 11.8 Å². The molecule has 2 fully saturated rings. The highest BCUT2D eigenvalue weighted by atomic mass is 32.2. The van der Waals surface area contributed by atoms with Gasteiger partial charge in [0.1, 0.15) is 0 Å². The SMILES string of the molecule is CS(=O)CCNC1CC(=O)N(C2CC2)C1=O. The number of carbonyl (C=O) groups is 2. The third kappa shape index (κ3) is 2.49. The molecule has 6 heteroatoms. The van der Waals surface area contributed by atoms with Crippen LogP contribution in [0, 0.1) is 0 Å². The summed E-state index contributed by atoms with van der Waals surface area (Å²) in [4.78, 5) is 24.8. The first-order valence-electron chi connectivity index (χ1n) is 5.49. The minimum Gasteiger partial charge on any atom is -0.305 e. The molecule has 2 rings (SSSR count). The third-order valence-corrected chi connectivity index (χ3v) is 3.65. The number of hydrogen-bond acceptors (Lipinski definition) is 4. The molecule has 2 atom stereocenters. The van der Waals surface area contributed by atoms with Gasteiger partial charge in [0.25, 0.3) is 0 Å². The Morgan fingerprint density at radius 3 is 2.69 bits per heavy atom. The highest BCUT2D eigenvalue weighted by Crippen LogP contribution is 2.31. The molecular weight excluding hydrogens is 228 g/mol. The summed E-state index contributed by atoms with van der Waals surface area (Å²) in [5.41, 5.74) is 0. The summed E-state index contributed by atoms with van der Waals surface area (Å²) in [6.07, 6.45) is 3.78. The number of hydrogen-bond donors (Lipinski definition) is 1. The molecule has 0 aromatic rings. The maximum absolute atomic E-state index is 11.8. The molecule has 0 aromatic carbocycles. The summed E-state index contributed by atoms with van der Waals surface area (Å²) >= 11 is 0. The van der Waals surface area contributed by atoms with Gasteiger partial charge < -0.3 is 5.32 Å². The molecule has 2 unspecified atom stereocenters. The van der Waals surface area contributed by atoms with E-state index in [0.717, 1.165) is 12.8 Å². The molecule has 0 spiro atoms. The lowest BCUT2D eigenvalue weighted by atomic mass is 10.2. The number of carbonyl (C=O) groups excluding carboxylic acids is 2. The predicted octanol–water partition coefficient (Wildman–Crippen LogP) is -0.756. The quantitative estimate of drug-likeness (QED) is 0.646. The summed E-state index contributed by atoms with van der Waals surface area (Å²) < 4.78 is 10.9. The highest BCUT2D eigenvalue weighted by Gasteiger charge is 2.45. The number of nitrogens with one attached hydrogen (secondary N) is 1. The van der Waals surface area contributed by atoms with E-state index in [-0.39, 0.29) is 24.3 Å². The van der Waals surface area contributed by atoms with Crippen LogP contribution in [0.3, 0.4) is 0 Å². The summed E-state index contributed by atoms with van der Waals surface area (Å²) in [6.45, 7) is 0.519. The average molecular weight is 244 g/mol. The maximum Gasteiger partial charge on any atom is 0.247 e. The van der Waals surface area contributed by atoms with Crippen LogP contribution >= 0.6 is 0 Å². The highest BCUT2D eigenvalue weighted by molar-refractivity contribution is 7.84. The Kier molecular flexibility index (Phi) is 3.39. The van der Waals surface area contributed by atoms with Gasteiger partial charge in [0.15, 0.2) is 0 Å². The van der Waals surface area contributed by atoms with E-state index in [0.29, 0.717) is 12.3 Å². The molecule has 1 saturated carbocycles. The van der Waals surface area contributed by atoms with E-state index in [4.69, 9.17) is 0 Å². The van der Waals surface area contributed by atoms with Gasteiger partial charge in [-0.1, -0.05) is 0 Å². The van der Waals surface area contributed by atoms with Crippen molar-refractivity contribution in [2.75, 3.05) is 18.6 Å². The fourth-order valence-corrected chi connectivity index (χ4v) is 2.31. The fourth-order valence-electron chi connectivity index (χ4n) is 1.90. The van der Waals surface area contributed by atoms with Crippen molar-refractivity contribution < 1.29 is 13.8 Å². The largest absolute Gasteiger partial charge is 0.305 e. The molecule has 0 radical (unpaired) electrons. The zero-order chi connectivity index (χ0) is 11.7. The minimum atomic E-state index is -0.863. The summed E-state index contributed by atoms with van der Waals surface area (Å²) in [5.74, 6) is 0.346. The van der Waals surface area contributed by atoms with Gasteiger partial charge in [0.05, 0.1) is 12.5 Å². The lowest BCUT2D eigenvalue weighted by Crippen LogP contribution is -2.40. The van der Waals surface area contributed by atoms with E-state index < -0.39 is 16.8 Å². The van der Waals surface area contributed by atoms with Crippen molar-refractivity contribution in [3.8, 4) is 0 Å². The predicted molar refractivity (Wildman–Crippen MR) is 60.2 cm³/mol. The van der Waals surface area contributed by atoms with Gasteiger partial charge in [-0.3, -0.25) is 18.7 Å². The Bertz CT molecular complexity index is 341. The minimum absolute atomic E-state index is 0.0670. The van der Waals surface area contributed by atoms with E-state index in [1.165, 1.54) is 4.90 Å². The second kappa shape index (κ2) is 4.63. The van der Waals surface area contributed by atoms with Gasteiger partial charge in [-0.15, -0.1) is 0 Å². The van der Waals surface area contributed by atoms with Crippen molar-refractivity contribution in [3.05, 3.63) is 0 Å². The topological polar surface area (TPSA) is 66.5 Å². The molecular formula is C10H16N2O3S. The van der Waals surface area contributed by atoms with Gasteiger partial charge in [-0.25, -0.2) is 0 Å². The van der Waals surface area contributed by atoms with Crippen LogP contribution in [0.25, 0.3) is 0 Å². The zero-order valence-electron chi connectivity index (χ0n) is 9.27. The number of likely N-dealkylation sites (tertiary alicyclic amines) is 1. The van der Waals surface area contributed by atoms with E-state index in [2.05, 4.69) is 5.32 Å². The van der Waals surface area contributed by atoms with Crippen LogP contribution in [0.15, 0.2) is 0 Å². The number of imide groups is 1. The van der Waals surface area contributed by atoms with Gasteiger partial charge >= 0.3 is 0 Å². The smallest absolute Gasteiger partial charge is 0.247 e. The van der Waals surface area contributed by atoms with Crippen LogP contribution in [0.1, 0.15) is 19.3 Å². The Labute approximate surface area is 97.0 Å². The molecule has 1 heterocycles. The van der Waals surface area contributed by atoms with Crippen molar-refractivity contribution >= 4 is 22.6 Å². The number of nitrogens with zero attached hydrogens (tertiary/aromatic N) is 1. The van der Waals surface area contributed by atoms with Crippen LogP contribution in [-0.2, 0) is 20.4 Å². The number of rotatable bonds is 5. The van der Waals surface area contributed by atoms with Gasteiger partial charge in [0, 0.05) is 35.4 Å². The zero-order valence-corrected chi connectivity index (χ0v) is 10.1. The van der Waals surface area contributed by atoms with Crippen molar-refractivity contribution in [1.82, 2.24) is 10.2 Å². The first-order valence-corrected chi connectivity index (χ1v) is 7.21. The molecule has 2 aliphatic rings. The Morgan fingerprint density at radius 1 is 1.44 bits per heavy atom. The molecule has 2 amide bonds. The molecule has 0 bridgehead atoms. The first-order chi connectivity index (χ1) is 7.59. The lowest BCUT2D eigenvalue weighted by Gasteiger charge is -2.14. The second-order valence-electron chi connectivity index (χ2n) is 4.32. The lowest BCUT2D eigenvalue weighted by molar-refractivity contribution is -0.139. The van der Waals surface area contributed by atoms with Gasteiger partial charge in [-0.2, -0.15) is 0 Å². The summed E-state index contributed by atoms with van der Waals surface area (Å²) in [7, 11) is -0.863. The fraction of sp³-hybridized carbons (Fsp3) is 0.800. The molecule has 1 aliphatic carbocycles. The standard InChI is InChI=1S/C10H16N2O3S/c1-16(15)5-4-11-8-6-9(13)12(10(8)14)7-2-3-7/h7-8,11H,2-6H2,1H3. The van der Waals surface area contributed by atoms with Crippen LogP contribution in [0.5, 0.6) is 0 Å². The van der Waals surface area contributed by atoms with Crippen molar-refractivity contribution in [3.63, 3.8) is 0 Å². The van der Waals surface area contributed by atoms with Crippen molar-refractivity contribution in [2.24, 2.45) is 0 Å². The van der Waals surface area contributed by atoms with E-state index >= 15 is 0 Å². The monoisotopic (exact) mass is 244 g/mol. The number of amides is 2.